The van der Waals surface area contributed by atoms with Crippen molar-refractivity contribution in [1.29, 1.82) is 0 Å². The van der Waals surface area contributed by atoms with Crippen LogP contribution in [0.2, 0.25) is 0 Å². The number of aromatic nitrogens is 2. The van der Waals surface area contributed by atoms with Crippen LogP contribution in [-0.4, -0.2) is 28.1 Å². The maximum absolute atomic E-state index is 7.20. The Morgan fingerprint density at radius 2 is 2.64 bits per heavy atom. The number of hydrogen-bond donors (Lipinski definition) is 1. The van der Waals surface area contributed by atoms with E-state index in [1.54, 1.807) is 0 Å². The quantitative estimate of drug-likeness (QED) is 0.757. The highest BCUT2D eigenvalue weighted by Gasteiger charge is 2.42. The molecule has 5 nitrogen and oxygen atoms in total. The Morgan fingerprint density at radius 3 is 3.07 bits per heavy atom. The maximum atomic E-state index is 7.20. The lowest BCUT2D eigenvalue weighted by Crippen LogP contribution is -2.56. The summed E-state index contributed by atoms with van der Waals surface area (Å²) >= 11 is 0. The zero-order valence-electron chi connectivity index (χ0n) is 11.2. The predicted molar refractivity (Wildman–Crippen MR) is 52.1 cm³/mol. The van der Waals surface area contributed by atoms with E-state index in [1.165, 1.54) is 6.20 Å². The average Bonchev–Trinajstić information content (AvgIpc) is 2.54. The molecule has 2 rings (SSSR count). The van der Waals surface area contributed by atoms with E-state index in [-0.39, 0.29) is 17.7 Å². The van der Waals surface area contributed by atoms with E-state index in [0.717, 1.165) is 4.68 Å². The Bertz CT molecular complexity index is 428. The number of hydrogen-bond acceptors (Lipinski definition) is 4. The van der Waals surface area contributed by atoms with E-state index in [1.807, 2.05) is 13.8 Å². The molecule has 0 bridgehead atoms. The number of ether oxygens (including phenoxy) is 2. The summed E-state index contributed by atoms with van der Waals surface area (Å²) in [4.78, 5) is 0. The summed E-state index contributed by atoms with van der Waals surface area (Å²) in [5.41, 5.74) is 5.47. The predicted octanol–water partition coefficient (Wildman–Crippen LogP) is 0.558. The van der Waals surface area contributed by atoms with Crippen molar-refractivity contribution in [3.8, 4) is 5.88 Å². The van der Waals surface area contributed by atoms with Crippen molar-refractivity contribution in [3.05, 3.63) is 6.20 Å². The molecule has 5 heteroatoms. The van der Waals surface area contributed by atoms with Crippen LogP contribution in [0, 0.1) is 0 Å². The summed E-state index contributed by atoms with van der Waals surface area (Å²) in [6.45, 7) is 1.88. The third kappa shape index (κ3) is 1.43. The van der Waals surface area contributed by atoms with Gasteiger partial charge < -0.3 is 15.2 Å². The second-order valence-corrected chi connectivity index (χ2v) is 3.86. The van der Waals surface area contributed by atoms with Crippen LogP contribution in [0.5, 0.6) is 5.88 Å². The van der Waals surface area contributed by atoms with Gasteiger partial charge in [-0.2, -0.15) is 0 Å². The average molecular weight is 200 g/mol. The van der Waals surface area contributed by atoms with E-state index < -0.39 is 12.6 Å². The standard InChI is InChI=1S/C9H15N3O2/c1-9(2)7(5-13-9)14-8-6(10)4-12(3)11-8/h4,7H,5,10H2,1-3H3/i3D3. The first-order chi connectivity index (χ1) is 7.70. The van der Waals surface area contributed by atoms with E-state index in [0.29, 0.717) is 6.61 Å². The molecule has 1 fully saturated rings. The largest absolute Gasteiger partial charge is 0.466 e. The Morgan fingerprint density at radius 1 is 1.86 bits per heavy atom. The lowest BCUT2D eigenvalue weighted by Gasteiger charge is -2.43. The van der Waals surface area contributed by atoms with Crippen molar-refractivity contribution >= 4 is 5.69 Å². The fourth-order valence-electron chi connectivity index (χ4n) is 1.26. The van der Waals surface area contributed by atoms with E-state index in [2.05, 4.69) is 5.10 Å². The van der Waals surface area contributed by atoms with E-state index in [9.17, 15) is 0 Å². The van der Waals surface area contributed by atoms with Crippen molar-refractivity contribution in [2.24, 2.45) is 6.98 Å². The molecule has 1 atom stereocenters. The Labute approximate surface area is 87.0 Å². The molecule has 1 aliphatic rings. The second kappa shape index (κ2) is 2.88. The van der Waals surface area contributed by atoms with Gasteiger partial charge in [0.2, 0.25) is 0 Å². The SMILES string of the molecule is [2H]C([2H])([2H])n1cc(N)c(OC2COC2(C)C)n1. The minimum Gasteiger partial charge on any atom is -0.466 e. The Hall–Kier alpha value is -1.23. The second-order valence-electron chi connectivity index (χ2n) is 3.86. The number of aryl methyl sites for hydroxylation is 1. The van der Waals surface area contributed by atoms with Crippen LogP contribution in [0.25, 0.3) is 0 Å². The smallest absolute Gasteiger partial charge is 0.256 e. The third-order valence-electron chi connectivity index (χ3n) is 2.34. The first kappa shape index (κ1) is 6.29. The van der Waals surface area contributed by atoms with Gasteiger partial charge in [-0.3, -0.25) is 4.68 Å². The molecule has 78 valence electrons. The molecule has 0 aliphatic carbocycles. The normalized spacial score (nSPS) is 28.4. The molecule has 14 heavy (non-hydrogen) atoms. The molecule has 2 N–H and O–H groups in total. The highest BCUT2D eigenvalue weighted by Crippen LogP contribution is 2.31. The number of nitrogen functional groups attached to an aromatic ring is 1. The summed E-state index contributed by atoms with van der Waals surface area (Å²) < 4.78 is 33.3. The molecular formula is C9H15N3O2. The number of anilines is 1. The molecule has 0 spiro atoms. The van der Waals surface area contributed by atoms with Gasteiger partial charge in [-0.1, -0.05) is 0 Å². The molecule has 0 radical (unpaired) electrons. The van der Waals surface area contributed by atoms with Crippen molar-refractivity contribution in [2.45, 2.75) is 25.6 Å². The molecule has 0 aromatic carbocycles. The highest BCUT2D eigenvalue weighted by molar-refractivity contribution is 5.46. The first-order valence-electron chi connectivity index (χ1n) is 5.86. The Kier molecular flexibility index (Phi) is 1.29. The monoisotopic (exact) mass is 200 g/mol. The van der Waals surface area contributed by atoms with Gasteiger partial charge in [-0.05, 0) is 13.8 Å². The maximum Gasteiger partial charge on any atom is 0.256 e. The fourth-order valence-corrected chi connectivity index (χ4v) is 1.26. The molecule has 0 saturated carbocycles. The Balaban J connectivity index is 2.15. The topological polar surface area (TPSA) is 62.3 Å². The molecule has 1 aliphatic heterocycles. The van der Waals surface area contributed by atoms with Crippen molar-refractivity contribution < 1.29 is 13.6 Å². The molecule has 1 unspecified atom stereocenters. The van der Waals surface area contributed by atoms with Gasteiger partial charge in [0.25, 0.3) is 5.88 Å². The molecule has 1 aromatic rings. The van der Waals surface area contributed by atoms with Crippen LogP contribution in [-0.2, 0) is 11.7 Å². The van der Waals surface area contributed by atoms with Crippen molar-refractivity contribution in [2.75, 3.05) is 12.3 Å². The number of nitrogens with two attached hydrogens (primary N) is 1. The zero-order valence-corrected chi connectivity index (χ0v) is 8.15. The third-order valence-corrected chi connectivity index (χ3v) is 2.34. The summed E-state index contributed by atoms with van der Waals surface area (Å²) in [5, 5.41) is 3.82. The summed E-state index contributed by atoms with van der Waals surface area (Å²) in [6.07, 6.45) is 1.08. The minimum atomic E-state index is -2.35. The van der Waals surface area contributed by atoms with Crippen molar-refractivity contribution in [3.63, 3.8) is 0 Å². The lowest BCUT2D eigenvalue weighted by molar-refractivity contribution is -0.208. The van der Waals surface area contributed by atoms with Crippen LogP contribution in [0.4, 0.5) is 5.69 Å². The van der Waals surface area contributed by atoms with Gasteiger partial charge >= 0.3 is 0 Å². The fraction of sp³-hybridized carbons (Fsp3) is 0.667. The molecular weight excluding hydrogens is 182 g/mol. The van der Waals surface area contributed by atoms with Crippen LogP contribution < -0.4 is 10.5 Å². The molecule has 0 amide bonds. The van der Waals surface area contributed by atoms with E-state index in [4.69, 9.17) is 19.3 Å². The van der Waals surface area contributed by atoms with Gasteiger partial charge in [0, 0.05) is 11.1 Å². The summed E-state index contributed by atoms with van der Waals surface area (Å²) in [6, 6.07) is 0. The molecule has 2 heterocycles. The zero-order chi connectivity index (χ0) is 12.8. The van der Waals surface area contributed by atoms with Gasteiger partial charge in [0.05, 0.1) is 12.8 Å². The number of nitrogens with zero attached hydrogens (tertiary/aromatic N) is 2. The van der Waals surface area contributed by atoms with Crippen molar-refractivity contribution in [1.82, 2.24) is 9.78 Å². The van der Waals surface area contributed by atoms with Gasteiger partial charge in [-0.25, -0.2) is 0 Å². The van der Waals surface area contributed by atoms with Crippen LogP contribution in [0.15, 0.2) is 6.20 Å². The molecule has 1 aromatic heterocycles. The van der Waals surface area contributed by atoms with Gasteiger partial charge in [0.1, 0.15) is 11.3 Å². The van der Waals surface area contributed by atoms with Crippen LogP contribution >= 0.6 is 0 Å². The van der Waals surface area contributed by atoms with Gasteiger partial charge in [-0.15, -0.1) is 5.10 Å². The highest BCUT2D eigenvalue weighted by atomic mass is 16.6. The van der Waals surface area contributed by atoms with E-state index >= 15 is 0 Å². The van der Waals surface area contributed by atoms with Crippen LogP contribution in [0.3, 0.4) is 0 Å². The van der Waals surface area contributed by atoms with Crippen LogP contribution in [0.1, 0.15) is 18.0 Å². The summed E-state index contributed by atoms with van der Waals surface area (Å²) in [7, 11) is 0. The minimum absolute atomic E-state index is 0.141. The van der Waals surface area contributed by atoms with Gasteiger partial charge in [0.15, 0.2) is 6.10 Å². The lowest BCUT2D eigenvalue weighted by atomic mass is 9.96. The first-order valence-corrected chi connectivity index (χ1v) is 4.36. The number of rotatable bonds is 2. The summed E-state index contributed by atoms with van der Waals surface area (Å²) in [5.74, 6) is 0.141. The molecule has 1 saturated heterocycles.